The second kappa shape index (κ2) is 15.6. The number of carbonyl (C=O) groups is 4. The van der Waals surface area contributed by atoms with E-state index in [1.54, 1.807) is 0 Å². The van der Waals surface area contributed by atoms with Gasteiger partial charge in [-0.2, -0.15) is 0 Å². The van der Waals surface area contributed by atoms with Crippen LogP contribution in [0.1, 0.15) is 166 Å². The maximum absolute atomic E-state index is 15.0. The van der Waals surface area contributed by atoms with Crippen LogP contribution in [0.5, 0.6) is 0 Å². The molecule has 0 aromatic heterocycles. The molecule has 57 heavy (non-hydrogen) atoms. The number of nitrogens with zero attached hydrogens (tertiary/aromatic N) is 1. The first-order chi connectivity index (χ1) is 26.0. The number of allylic oxidation sites excluding steroid dienone is 1. The van der Waals surface area contributed by atoms with E-state index in [9.17, 15) is 19.5 Å². The number of ether oxygens (including phenoxy) is 1. The van der Waals surface area contributed by atoms with Crippen LogP contribution in [-0.4, -0.2) is 53.9 Å². The summed E-state index contributed by atoms with van der Waals surface area (Å²) in [5.41, 5.74) is -0.652. The number of esters is 1. The van der Waals surface area contributed by atoms with Crippen molar-refractivity contribution in [3.63, 3.8) is 0 Å². The minimum atomic E-state index is -1.27. The minimum Gasteiger partial charge on any atom is -0.550 e. The molecule has 8 nitrogen and oxygen atoms in total. The summed E-state index contributed by atoms with van der Waals surface area (Å²) in [4.78, 5) is 55.5. The van der Waals surface area contributed by atoms with Gasteiger partial charge in [0, 0.05) is 41.8 Å². The van der Waals surface area contributed by atoms with Gasteiger partial charge < -0.3 is 24.9 Å². The Labute approximate surface area is 387 Å². The molecule has 1 saturated heterocycles. The molecule has 0 radical (unpaired) electrons. The number of hydrogen-bond donors (Lipinski definition) is 1. The normalized spacial score (nSPS) is 43.0. The molecule has 2 amide bonds. The van der Waals surface area contributed by atoms with Crippen LogP contribution in [0.2, 0.25) is 0 Å². The fraction of sp³-hybridized carbons (Fsp3) is 0.875. The van der Waals surface area contributed by atoms with Crippen molar-refractivity contribution in [1.82, 2.24) is 10.2 Å². The number of fused-ring (bicyclic) bond motifs is 7. The molecule has 7 rings (SSSR count). The number of aliphatic carboxylic acids is 1. The Morgan fingerprint density at radius 2 is 1.47 bits per heavy atom. The minimum absolute atomic E-state index is 0. The first-order valence-corrected chi connectivity index (χ1v) is 22.6. The van der Waals surface area contributed by atoms with Crippen LogP contribution < -0.4 is 61.8 Å². The SMILES string of the molecule is C=C(C)[C@@H]1CC[C@]2(C(=O)N[C@@H]3C[C@H](C(=O)N4CCCCC4)C3(C)C)CC[C@]3(C)C(CCC4[C@@]5(C)CC[C@H](OC(=O)CC(C)(C)C(=O)[O-])C(C)(C)C5CC[C@]43C)C12.[K+]. The zero-order chi connectivity index (χ0) is 41.0. The van der Waals surface area contributed by atoms with Gasteiger partial charge in [0.25, 0.3) is 0 Å². The predicted octanol–water partition coefficient (Wildman–Crippen LogP) is 5.27. The Bertz CT molecular complexity index is 1630. The van der Waals surface area contributed by atoms with E-state index in [1.807, 2.05) is 0 Å². The zero-order valence-corrected chi connectivity index (χ0v) is 40.9. The standard InChI is InChI=1S/C48H76N2O6.K/c1-29(2)30-17-22-48(40(53)49-35-27-32(43(35,5)6)39(52)50-25-13-12-14-26-50)24-23-46(10)31(38(30)48)15-16-34-45(9)20-19-36(56-37(51)28-42(3,4)41(54)55)44(7,8)33(45)18-21-47(34,46)11;/h30-36,38H,1,12-28H2,2-11H3,(H,49,53)(H,54,55);/q;+1/p-1/t30-,31?,32+,33?,34?,35+,36-,38?,45-,46+,47+,48-;/m0./s1. The number of likely N-dealkylation sites (tertiary alicyclic amines) is 1. The summed E-state index contributed by atoms with van der Waals surface area (Å²) in [6, 6.07) is 0.0165. The first-order valence-electron chi connectivity index (χ1n) is 22.6. The van der Waals surface area contributed by atoms with Crippen molar-refractivity contribution < 1.29 is 80.4 Å². The van der Waals surface area contributed by atoms with Crippen LogP contribution in [0.15, 0.2) is 12.2 Å². The summed E-state index contributed by atoms with van der Waals surface area (Å²) >= 11 is 0. The Kier molecular flexibility index (Phi) is 12.5. The maximum atomic E-state index is 15.0. The van der Waals surface area contributed by atoms with Crippen LogP contribution >= 0.6 is 0 Å². The van der Waals surface area contributed by atoms with Gasteiger partial charge in [0.15, 0.2) is 0 Å². The number of nitrogens with one attached hydrogen (secondary N) is 1. The fourth-order valence-electron chi connectivity index (χ4n) is 15.6. The number of hydrogen-bond acceptors (Lipinski definition) is 6. The van der Waals surface area contributed by atoms with Gasteiger partial charge >= 0.3 is 57.4 Å². The van der Waals surface area contributed by atoms with Gasteiger partial charge in [-0.15, -0.1) is 0 Å². The Morgan fingerprint density at radius 1 is 0.807 bits per heavy atom. The molecule has 0 spiro atoms. The van der Waals surface area contributed by atoms with Gasteiger partial charge in [-0.25, -0.2) is 0 Å². The fourth-order valence-corrected chi connectivity index (χ4v) is 15.6. The Morgan fingerprint density at radius 3 is 2.09 bits per heavy atom. The average molecular weight is 815 g/mol. The van der Waals surface area contributed by atoms with Crippen molar-refractivity contribution in [1.29, 1.82) is 0 Å². The van der Waals surface area contributed by atoms with E-state index >= 15 is 4.79 Å². The molecule has 1 N–H and O–H groups in total. The van der Waals surface area contributed by atoms with Gasteiger partial charge in [0.1, 0.15) is 6.10 Å². The number of carboxylic acid groups (broad SMARTS) is 1. The van der Waals surface area contributed by atoms with Gasteiger partial charge in [0.05, 0.1) is 11.8 Å². The van der Waals surface area contributed by atoms with Gasteiger partial charge in [0.2, 0.25) is 11.8 Å². The Hall–Kier alpha value is -0.744. The van der Waals surface area contributed by atoms with Crippen molar-refractivity contribution in [2.45, 2.75) is 178 Å². The molecule has 1 aliphatic heterocycles. The second-order valence-electron chi connectivity index (χ2n) is 23.1. The number of amides is 2. The van der Waals surface area contributed by atoms with Gasteiger partial charge in [-0.05, 0) is 148 Å². The largest absolute Gasteiger partial charge is 1.00 e. The smallest absolute Gasteiger partial charge is 0.550 e. The third-order valence-corrected chi connectivity index (χ3v) is 19.4. The van der Waals surface area contributed by atoms with Crippen molar-refractivity contribution in [2.24, 2.45) is 73.4 Å². The van der Waals surface area contributed by atoms with E-state index in [-0.39, 0.29) is 121 Å². The van der Waals surface area contributed by atoms with E-state index in [4.69, 9.17) is 4.74 Å². The monoisotopic (exact) mass is 815 g/mol. The molecule has 9 heteroatoms. The number of piperidine rings is 1. The molecule has 12 atom stereocenters. The molecule has 0 aromatic carbocycles. The first kappa shape index (κ1) is 45.8. The molecule has 7 fully saturated rings. The summed E-state index contributed by atoms with van der Waals surface area (Å²) in [6.45, 7) is 28.3. The summed E-state index contributed by atoms with van der Waals surface area (Å²) in [6.07, 6.45) is 13.9. The summed E-state index contributed by atoms with van der Waals surface area (Å²) in [7, 11) is 0. The number of rotatable bonds is 8. The maximum Gasteiger partial charge on any atom is 1.00 e. The van der Waals surface area contributed by atoms with E-state index in [0.29, 0.717) is 23.7 Å². The van der Waals surface area contributed by atoms with Crippen LogP contribution in [0.3, 0.4) is 0 Å². The third kappa shape index (κ3) is 7.03. The van der Waals surface area contributed by atoms with E-state index in [1.165, 1.54) is 25.8 Å². The molecule has 6 aliphatic carbocycles. The van der Waals surface area contributed by atoms with Crippen LogP contribution in [0.25, 0.3) is 0 Å². The van der Waals surface area contributed by atoms with Crippen molar-refractivity contribution in [3.05, 3.63) is 12.2 Å². The van der Waals surface area contributed by atoms with E-state index in [2.05, 4.69) is 72.2 Å². The number of carbonyl (C=O) groups excluding carboxylic acids is 4. The molecule has 1 heterocycles. The van der Waals surface area contributed by atoms with Crippen LogP contribution in [-0.2, 0) is 23.9 Å². The van der Waals surface area contributed by atoms with Gasteiger partial charge in [-0.3, -0.25) is 14.4 Å². The van der Waals surface area contributed by atoms with Crippen LogP contribution in [0, 0.1) is 73.4 Å². The molecular weight excluding hydrogens is 740 g/mol. The quantitative estimate of drug-likeness (QED) is 0.203. The third-order valence-electron chi connectivity index (χ3n) is 19.4. The Balaban J connectivity index is 0.00000549. The van der Waals surface area contributed by atoms with E-state index in [0.717, 1.165) is 96.6 Å². The van der Waals surface area contributed by atoms with Gasteiger partial charge in [-0.1, -0.05) is 74.5 Å². The molecule has 6 saturated carbocycles. The van der Waals surface area contributed by atoms with Crippen LogP contribution in [0.4, 0.5) is 0 Å². The molecule has 7 aliphatic rings. The van der Waals surface area contributed by atoms with E-state index < -0.39 is 22.8 Å². The second-order valence-corrected chi connectivity index (χ2v) is 23.1. The number of carboxylic acids is 1. The van der Waals surface area contributed by atoms with Crippen molar-refractivity contribution in [2.75, 3.05) is 13.1 Å². The van der Waals surface area contributed by atoms with Crippen molar-refractivity contribution in [3.8, 4) is 0 Å². The average Bonchev–Trinajstić information content (AvgIpc) is 3.53. The summed E-state index contributed by atoms with van der Waals surface area (Å²) in [5.74, 6) is 0.790. The summed E-state index contributed by atoms with van der Waals surface area (Å²) in [5, 5.41) is 15.3. The predicted molar refractivity (Wildman–Crippen MR) is 217 cm³/mol. The van der Waals surface area contributed by atoms with Crippen molar-refractivity contribution >= 4 is 23.8 Å². The summed E-state index contributed by atoms with van der Waals surface area (Å²) < 4.78 is 6.17. The molecule has 0 aromatic rings. The molecule has 314 valence electrons. The zero-order valence-electron chi connectivity index (χ0n) is 37.7. The molecule has 4 unspecified atom stereocenters. The molecule has 0 bridgehead atoms. The topological polar surface area (TPSA) is 116 Å². The molecular formula is C48H75KN2O6.